The molecule has 0 unspecified atom stereocenters. The van der Waals surface area contributed by atoms with Crippen LogP contribution in [0.15, 0.2) is 36.7 Å². The Hall–Kier alpha value is -2.16. The molecule has 1 amide bonds. The Morgan fingerprint density at radius 1 is 1.42 bits per heavy atom. The predicted octanol–water partition coefficient (Wildman–Crippen LogP) is 1.38. The van der Waals surface area contributed by atoms with Gasteiger partial charge < -0.3 is 11.1 Å². The van der Waals surface area contributed by atoms with Crippen LogP contribution in [-0.4, -0.2) is 17.4 Å². The van der Waals surface area contributed by atoms with Gasteiger partial charge >= 0.3 is 0 Å². The van der Waals surface area contributed by atoms with E-state index in [2.05, 4.69) is 22.1 Å². The van der Waals surface area contributed by atoms with Gasteiger partial charge in [0.2, 0.25) is 0 Å². The van der Waals surface area contributed by atoms with Gasteiger partial charge in [-0.25, -0.2) is 0 Å². The number of aromatic nitrogens is 1. The SMILES string of the molecule is NCC#Cc1ccc(CNC(=O)c2cccnc2)s1. The number of nitrogens with zero attached hydrogens (tertiary/aromatic N) is 1. The van der Waals surface area contributed by atoms with Crippen molar-refractivity contribution >= 4 is 17.2 Å². The first-order valence-corrected chi connectivity index (χ1v) is 6.57. The van der Waals surface area contributed by atoms with Crippen LogP contribution in [0.3, 0.4) is 0 Å². The number of carbonyl (C=O) groups excluding carboxylic acids is 1. The fraction of sp³-hybridized carbons (Fsp3) is 0.143. The van der Waals surface area contributed by atoms with Crippen molar-refractivity contribution < 1.29 is 4.79 Å². The lowest BCUT2D eigenvalue weighted by Crippen LogP contribution is -2.22. The zero-order valence-electron chi connectivity index (χ0n) is 10.2. The Balaban J connectivity index is 1.92. The Morgan fingerprint density at radius 3 is 3.05 bits per heavy atom. The standard InChI is InChI=1S/C14H13N3OS/c15-7-1-4-12-5-6-13(19-12)10-17-14(18)11-3-2-8-16-9-11/h2-3,5-6,8-9H,7,10,15H2,(H,17,18). The second-order valence-corrected chi connectivity index (χ2v) is 4.86. The molecule has 0 saturated carbocycles. The molecule has 4 nitrogen and oxygen atoms in total. The molecule has 2 rings (SSSR count). The van der Waals surface area contributed by atoms with Crippen molar-refractivity contribution in [2.24, 2.45) is 5.73 Å². The molecular formula is C14H13N3OS. The van der Waals surface area contributed by atoms with E-state index >= 15 is 0 Å². The van der Waals surface area contributed by atoms with Crippen molar-refractivity contribution in [3.8, 4) is 11.8 Å². The molecule has 5 heteroatoms. The van der Waals surface area contributed by atoms with E-state index in [1.54, 1.807) is 35.9 Å². The minimum absolute atomic E-state index is 0.129. The molecule has 0 aromatic carbocycles. The van der Waals surface area contributed by atoms with E-state index in [1.807, 2.05) is 12.1 Å². The molecule has 0 saturated heterocycles. The second kappa shape index (κ2) is 6.69. The van der Waals surface area contributed by atoms with Crippen LogP contribution >= 0.6 is 11.3 Å². The van der Waals surface area contributed by atoms with Crippen LogP contribution < -0.4 is 11.1 Å². The zero-order valence-corrected chi connectivity index (χ0v) is 11.0. The van der Waals surface area contributed by atoms with E-state index in [0.29, 0.717) is 18.7 Å². The van der Waals surface area contributed by atoms with E-state index in [-0.39, 0.29) is 5.91 Å². The van der Waals surface area contributed by atoms with E-state index < -0.39 is 0 Å². The lowest BCUT2D eigenvalue weighted by atomic mass is 10.2. The average Bonchev–Trinajstić information content (AvgIpc) is 2.91. The van der Waals surface area contributed by atoms with Gasteiger partial charge in [-0.15, -0.1) is 11.3 Å². The Kier molecular flexibility index (Phi) is 4.67. The van der Waals surface area contributed by atoms with Gasteiger partial charge in [0.25, 0.3) is 5.91 Å². The first-order valence-electron chi connectivity index (χ1n) is 5.75. The summed E-state index contributed by atoms with van der Waals surface area (Å²) in [6, 6.07) is 7.35. The molecule has 0 aliphatic heterocycles. The fourth-order valence-electron chi connectivity index (χ4n) is 1.44. The van der Waals surface area contributed by atoms with E-state index in [9.17, 15) is 4.79 Å². The summed E-state index contributed by atoms with van der Waals surface area (Å²) >= 11 is 1.55. The molecule has 0 atom stereocenters. The van der Waals surface area contributed by atoms with E-state index in [0.717, 1.165) is 9.75 Å². The highest BCUT2D eigenvalue weighted by Crippen LogP contribution is 2.15. The maximum atomic E-state index is 11.8. The summed E-state index contributed by atoms with van der Waals surface area (Å²) < 4.78 is 0. The quantitative estimate of drug-likeness (QED) is 0.829. The zero-order chi connectivity index (χ0) is 13.5. The van der Waals surface area contributed by atoms with E-state index in [4.69, 9.17) is 5.73 Å². The van der Waals surface area contributed by atoms with Crippen molar-refractivity contribution in [3.05, 3.63) is 52.0 Å². The smallest absolute Gasteiger partial charge is 0.253 e. The highest BCUT2D eigenvalue weighted by Gasteiger charge is 2.05. The molecule has 2 aromatic rings. The molecule has 0 aliphatic rings. The number of rotatable bonds is 3. The number of carbonyl (C=O) groups is 1. The fourth-order valence-corrected chi connectivity index (χ4v) is 2.27. The Morgan fingerprint density at radius 2 is 2.32 bits per heavy atom. The number of pyridine rings is 1. The van der Waals surface area contributed by atoms with E-state index in [1.165, 1.54) is 0 Å². The third-order valence-corrected chi connectivity index (χ3v) is 3.32. The maximum absolute atomic E-state index is 11.8. The lowest BCUT2D eigenvalue weighted by molar-refractivity contribution is 0.0951. The van der Waals surface area contributed by atoms with Gasteiger partial charge in [0.15, 0.2) is 0 Å². The maximum Gasteiger partial charge on any atom is 0.253 e. The van der Waals surface area contributed by atoms with Gasteiger partial charge in [0.1, 0.15) is 0 Å². The third-order valence-electron chi connectivity index (χ3n) is 2.32. The van der Waals surface area contributed by atoms with Crippen LogP contribution in [0.2, 0.25) is 0 Å². The molecule has 0 fully saturated rings. The summed E-state index contributed by atoms with van der Waals surface area (Å²) in [7, 11) is 0. The minimum Gasteiger partial charge on any atom is -0.347 e. The van der Waals surface area contributed by atoms with Gasteiger partial charge in [0, 0.05) is 17.3 Å². The highest BCUT2D eigenvalue weighted by atomic mass is 32.1. The molecule has 0 bridgehead atoms. The molecular weight excluding hydrogens is 258 g/mol. The van der Waals surface area contributed by atoms with Crippen molar-refractivity contribution in [2.45, 2.75) is 6.54 Å². The minimum atomic E-state index is -0.129. The van der Waals surface area contributed by atoms with Crippen LogP contribution in [-0.2, 0) is 6.54 Å². The normalized spacial score (nSPS) is 9.53. The van der Waals surface area contributed by atoms with Gasteiger partial charge in [-0.1, -0.05) is 11.8 Å². The molecule has 0 aliphatic carbocycles. The predicted molar refractivity (Wildman–Crippen MR) is 75.7 cm³/mol. The number of hydrogen-bond donors (Lipinski definition) is 2. The molecule has 3 N–H and O–H groups in total. The first kappa shape index (κ1) is 13.3. The number of hydrogen-bond acceptors (Lipinski definition) is 4. The van der Waals surface area contributed by atoms with Crippen molar-refractivity contribution in [2.75, 3.05) is 6.54 Å². The summed E-state index contributed by atoms with van der Waals surface area (Å²) in [5, 5.41) is 2.84. The lowest BCUT2D eigenvalue weighted by Gasteiger charge is -2.02. The number of nitrogens with two attached hydrogens (primary N) is 1. The molecule has 0 radical (unpaired) electrons. The van der Waals surface area contributed by atoms with Crippen LogP contribution in [0.4, 0.5) is 0 Å². The molecule has 96 valence electrons. The Labute approximate surface area is 115 Å². The monoisotopic (exact) mass is 271 g/mol. The summed E-state index contributed by atoms with van der Waals surface area (Å²) in [6.45, 7) is 0.841. The van der Waals surface area contributed by atoms with Gasteiger partial charge in [0.05, 0.1) is 23.5 Å². The summed E-state index contributed by atoms with van der Waals surface area (Å²) in [6.07, 6.45) is 3.18. The summed E-state index contributed by atoms with van der Waals surface area (Å²) in [5.41, 5.74) is 5.87. The van der Waals surface area contributed by atoms with Gasteiger partial charge in [-0.05, 0) is 24.3 Å². The number of thiophene rings is 1. The highest BCUT2D eigenvalue weighted by molar-refractivity contribution is 7.12. The third kappa shape index (κ3) is 3.91. The topological polar surface area (TPSA) is 68.0 Å². The first-order chi connectivity index (χ1) is 9.29. The Bertz CT molecular complexity index is 610. The van der Waals surface area contributed by atoms with Crippen molar-refractivity contribution in [1.29, 1.82) is 0 Å². The van der Waals surface area contributed by atoms with Crippen molar-refractivity contribution in [1.82, 2.24) is 10.3 Å². The molecule has 2 heterocycles. The number of nitrogens with one attached hydrogen (secondary N) is 1. The van der Waals surface area contributed by atoms with Crippen LogP contribution in [0, 0.1) is 11.8 Å². The second-order valence-electron chi connectivity index (χ2n) is 3.70. The van der Waals surface area contributed by atoms with Gasteiger partial charge in [-0.3, -0.25) is 9.78 Å². The van der Waals surface area contributed by atoms with Crippen molar-refractivity contribution in [3.63, 3.8) is 0 Å². The molecule has 0 spiro atoms. The number of amides is 1. The largest absolute Gasteiger partial charge is 0.347 e. The molecule has 19 heavy (non-hydrogen) atoms. The average molecular weight is 271 g/mol. The summed E-state index contributed by atoms with van der Waals surface area (Å²) in [5.74, 6) is 5.64. The molecule has 2 aromatic heterocycles. The van der Waals surface area contributed by atoms with Crippen LogP contribution in [0.5, 0.6) is 0 Å². The van der Waals surface area contributed by atoms with Crippen LogP contribution in [0.1, 0.15) is 20.1 Å². The van der Waals surface area contributed by atoms with Crippen LogP contribution in [0.25, 0.3) is 0 Å². The summed E-state index contributed by atoms with van der Waals surface area (Å²) in [4.78, 5) is 17.7. The van der Waals surface area contributed by atoms with Gasteiger partial charge in [-0.2, -0.15) is 0 Å².